The first kappa shape index (κ1) is 13.0. The minimum Gasteiger partial charge on any atom is -0.383 e. The van der Waals surface area contributed by atoms with E-state index >= 15 is 0 Å². The molecule has 1 unspecified atom stereocenters. The molecule has 0 aromatic heterocycles. The van der Waals surface area contributed by atoms with Gasteiger partial charge < -0.3 is 15.0 Å². The number of rotatable bonds is 6. The van der Waals surface area contributed by atoms with Crippen molar-refractivity contribution in [2.24, 2.45) is 0 Å². The molecule has 1 aliphatic rings. The molecule has 1 amide bonds. The van der Waals surface area contributed by atoms with Crippen LogP contribution in [0.2, 0.25) is 0 Å². The number of amides is 1. The molecule has 16 heavy (non-hydrogen) atoms. The molecule has 1 rings (SSSR count). The summed E-state index contributed by atoms with van der Waals surface area (Å²) in [5.74, 6) is 2.42. The maximum absolute atomic E-state index is 11.7. The summed E-state index contributed by atoms with van der Waals surface area (Å²) in [6, 6.07) is 0.415. The molecule has 1 fully saturated rings. The number of hydrogen-bond donors (Lipinski definition) is 1. The second-order valence-corrected chi connectivity index (χ2v) is 4.01. The SMILES string of the molecule is C#CCC(=O)N(CCOC)CC1CCCN1. The summed E-state index contributed by atoms with van der Waals surface area (Å²) < 4.78 is 5.00. The van der Waals surface area contributed by atoms with Crippen LogP contribution in [0.25, 0.3) is 0 Å². The maximum Gasteiger partial charge on any atom is 0.234 e. The molecule has 0 saturated carbocycles. The third-order valence-electron chi connectivity index (χ3n) is 2.77. The highest BCUT2D eigenvalue weighted by Gasteiger charge is 2.20. The van der Waals surface area contributed by atoms with Crippen LogP contribution in [0.5, 0.6) is 0 Å². The number of nitrogens with one attached hydrogen (secondary N) is 1. The van der Waals surface area contributed by atoms with Crippen LogP contribution in [0.15, 0.2) is 0 Å². The van der Waals surface area contributed by atoms with Crippen molar-refractivity contribution in [3.05, 3.63) is 0 Å². The zero-order chi connectivity index (χ0) is 11.8. The van der Waals surface area contributed by atoms with Crippen LogP contribution in [-0.2, 0) is 9.53 Å². The van der Waals surface area contributed by atoms with Crippen LogP contribution in [0, 0.1) is 12.3 Å². The summed E-state index contributed by atoms with van der Waals surface area (Å²) in [4.78, 5) is 13.5. The van der Waals surface area contributed by atoms with Crippen LogP contribution >= 0.6 is 0 Å². The molecule has 4 nitrogen and oxygen atoms in total. The lowest BCUT2D eigenvalue weighted by Gasteiger charge is -2.25. The van der Waals surface area contributed by atoms with E-state index in [1.165, 1.54) is 6.42 Å². The van der Waals surface area contributed by atoms with Crippen LogP contribution in [-0.4, -0.2) is 50.2 Å². The van der Waals surface area contributed by atoms with Gasteiger partial charge in [-0.1, -0.05) is 5.92 Å². The van der Waals surface area contributed by atoms with Crippen LogP contribution < -0.4 is 5.32 Å². The van der Waals surface area contributed by atoms with Gasteiger partial charge in [0.25, 0.3) is 0 Å². The van der Waals surface area contributed by atoms with E-state index in [2.05, 4.69) is 11.2 Å². The van der Waals surface area contributed by atoms with E-state index in [-0.39, 0.29) is 12.3 Å². The lowest BCUT2D eigenvalue weighted by atomic mass is 10.2. The van der Waals surface area contributed by atoms with E-state index < -0.39 is 0 Å². The molecule has 4 heteroatoms. The van der Waals surface area contributed by atoms with Crippen LogP contribution in [0.1, 0.15) is 19.3 Å². The molecule has 90 valence electrons. The van der Waals surface area contributed by atoms with E-state index in [1.54, 1.807) is 12.0 Å². The van der Waals surface area contributed by atoms with E-state index in [4.69, 9.17) is 11.2 Å². The molecule has 0 bridgehead atoms. The molecule has 0 radical (unpaired) electrons. The van der Waals surface area contributed by atoms with Gasteiger partial charge in [-0.3, -0.25) is 4.79 Å². The van der Waals surface area contributed by atoms with Crippen molar-refractivity contribution in [1.29, 1.82) is 0 Å². The van der Waals surface area contributed by atoms with Crippen LogP contribution in [0.3, 0.4) is 0 Å². The van der Waals surface area contributed by atoms with E-state index in [9.17, 15) is 4.79 Å². The molecule has 0 aromatic rings. The average Bonchev–Trinajstić information content (AvgIpc) is 2.77. The Morgan fingerprint density at radius 1 is 1.69 bits per heavy atom. The molecular formula is C12H20N2O2. The number of hydrogen-bond acceptors (Lipinski definition) is 3. The number of ether oxygens (including phenoxy) is 1. The van der Waals surface area contributed by atoms with Crippen molar-refractivity contribution in [3.63, 3.8) is 0 Å². The van der Waals surface area contributed by atoms with Crippen molar-refractivity contribution in [2.75, 3.05) is 33.4 Å². The van der Waals surface area contributed by atoms with Gasteiger partial charge in [0.2, 0.25) is 5.91 Å². The highest BCUT2D eigenvalue weighted by atomic mass is 16.5. The molecule has 1 aliphatic heterocycles. The Hall–Kier alpha value is -1.05. The van der Waals surface area contributed by atoms with Gasteiger partial charge >= 0.3 is 0 Å². The molecule has 1 N–H and O–H groups in total. The standard InChI is InChI=1S/C12H20N2O2/c1-3-5-12(15)14(8-9-16-2)10-11-6-4-7-13-11/h1,11,13H,4-10H2,2H3. The smallest absolute Gasteiger partial charge is 0.234 e. The fraction of sp³-hybridized carbons (Fsp3) is 0.750. The van der Waals surface area contributed by atoms with Crippen molar-refractivity contribution in [3.8, 4) is 12.3 Å². The molecule has 1 saturated heterocycles. The van der Waals surface area contributed by atoms with Gasteiger partial charge in [-0.15, -0.1) is 6.42 Å². The zero-order valence-corrected chi connectivity index (χ0v) is 9.87. The summed E-state index contributed by atoms with van der Waals surface area (Å²) in [7, 11) is 1.64. The normalized spacial score (nSPS) is 19.4. The Morgan fingerprint density at radius 3 is 3.06 bits per heavy atom. The fourth-order valence-corrected chi connectivity index (χ4v) is 1.90. The van der Waals surface area contributed by atoms with Crippen LogP contribution in [0.4, 0.5) is 0 Å². The Bertz CT molecular complexity index is 254. The van der Waals surface area contributed by atoms with Gasteiger partial charge in [0.1, 0.15) is 0 Å². The van der Waals surface area contributed by atoms with Gasteiger partial charge in [0, 0.05) is 26.2 Å². The highest BCUT2D eigenvalue weighted by molar-refractivity contribution is 5.78. The summed E-state index contributed by atoms with van der Waals surface area (Å²) >= 11 is 0. The predicted molar refractivity (Wildman–Crippen MR) is 62.9 cm³/mol. The average molecular weight is 224 g/mol. The second kappa shape index (κ2) is 7.26. The largest absolute Gasteiger partial charge is 0.383 e. The number of terminal acetylenes is 1. The molecule has 0 aliphatic carbocycles. The van der Waals surface area contributed by atoms with E-state index in [0.717, 1.165) is 19.5 Å². The second-order valence-electron chi connectivity index (χ2n) is 4.01. The zero-order valence-electron chi connectivity index (χ0n) is 9.87. The third-order valence-corrected chi connectivity index (χ3v) is 2.77. The van der Waals surface area contributed by atoms with Gasteiger partial charge in [-0.2, -0.15) is 0 Å². The number of nitrogens with zero attached hydrogens (tertiary/aromatic N) is 1. The first-order valence-corrected chi connectivity index (χ1v) is 5.71. The molecule has 0 spiro atoms. The summed E-state index contributed by atoms with van der Waals surface area (Å²) in [5.41, 5.74) is 0. The minimum absolute atomic E-state index is 0.0215. The molecule has 1 atom stereocenters. The lowest BCUT2D eigenvalue weighted by molar-refractivity contribution is -0.131. The van der Waals surface area contributed by atoms with Crippen molar-refractivity contribution < 1.29 is 9.53 Å². The first-order chi connectivity index (χ1) is 7.77. The van der Waals surface area contributed by atoms with E-state index in [0.29, 0.717) is 19.2 Å². The monoisotopic (exact) mass is 224 g/mol. The minimum atomic E-state index is 0.0215. The molecule has 0 aromatic carbocycles. The predicted octanol–water partition coefficient (Wildman–Crippen LogP) is 0.237. The quantitative estimate of drug-likeness (QED) is 0.657. The highest BCUT2D eigenvalue weighted by Crippen LogP contribution is 2.07. The molecular weight excluding hydrogens is 204 g/mol. The Balaban J connectivity index is 2.42. The lowest BCUT2D eigenvalue weighted by Crippen LogP contribution is -2.42. The van der Waals surface area contributed by atoms with E-state index in [1.807, 2.05) is 0 Å². The van der Waals surface area contributed by atoms with Crippen molar-refractivity contribution >= 4 is 5.91 Å². The van der Waals surface area contributed by atoms with Crippen molar-refractivity contribution in [1.82, 2.24) is 10.2 Å². The number of methoxy groups -OCH3 is 1. The fourth-order valence-electron chi connectivity index (χ4n) is 1.90. The first-order valence-electron chi connectivity index (χ1n) is 5.71. The van der Waals surface area contributed by atoms with Gasteiger partial charge in [0.05, 0.1) is 13.0 Å². The third kappa shape index (κ3) is 4.21. The van der Waals surface area contributed by atoms with Gasteiger partial charge in [-0.25, -0.2) is 0 Å². The topological polar surface area (TPSA) is 41.6 Å². The Kier molecular flexibility index (Phi) is 5.91. The summed E-state index contributed by atoms with van der Waals surface area (Å²) in [5, 5.41) is 3.37. The summed E-state index contributed by atoms with van der Waals surface area (Å²) in [6.45, 7) is 2.97. The van der Waals surface area contributed by atoms with Gasteiger partial charge in [0.15, 0.2) is 0 Å². The van der Waals surface area contributed by atoms with Gasteiger partial charge in [-0.05, 0) is 19.4 Å². The number of carbonyl (C=O) groups excluding carboxylic acids is 1. The Labute approximate surface area is 97.3 Å². The maximum atomic E-state index is 11.7. The Morgan fingerprint density at radius 2 is 2.50 bits per heavy atom. The molecule has 1 heterocycles. The van der Waals surface area contributed by atoms with Crippen molar-refractivity contribution in [2.45, 2.75) is 25.3 Å². The summed E-state index contributed by atoms with van der Waals surface area (Å²) in [6.07, 6.45) is 7.66. The number of carbonyl (C=O) groups is 1.